The van der Waals surface area contributed by atoms with Crippen molar-refractivity contribution in [1.82, 2.24) is 4.98 Å². The zero-order chi connectivity index (χ0) is 12.8. The summed E-state index contributed by atoms with van der Waals surface area (Å²) in [6, 6.07) is 13.5. The van der Waals surface area contributed by atoms with E-state index in [1.165, 1.54) is 0 Å². The van der Waals surface area contributed by atoms with Crippen LogP contribution in [0.2, 0.25) is 0 Å². The van der Waals surface area contributed by atoms with Crippen LogP contribution in [0.5, 0.6) is 0 Å². The Labute approximate surface area is 118 Å². The predicted octanol–water partition coefficient (Wildman–Crippen LogP) is 3.76. The minimum Gasteiger partial charge on any atom is -0.612 e. The van der Waals surface area contributed by atoms with Crippen molar-refractivity contribution in [1.29, 1.82) is 0 Å². The Balaban J connectivity index is 1.94. The average molecular weight is 322 g/mol. The van der Waals surface area contributed by atoms with Crippen LogP contribution in [0, 0.1) is 0 Å². The van der Waals surface area contributed by atoms with Crippen molar-refractivity contribution in [3.05, 3.63) is 69.8 Å². The lowest BCUT2D eigenvalue weighted by molar-refractivity contribution is 0.603. The normalized spacial score (nSPS) is 12.8. The molecule has 92 valence electrons. The third-order valence-corrected chi connectivity index (χ3v) is 3.89. The molecule has 4 heteroatoms. The predicted molar refractivity (Wildman–Crippen MR) is 79.3 cm³/mol. The maximum atomic E-state index is 11.9. The molecular formula is C14H12BrNOS. The lowest BCUT2D eigenvalue weighted by atomic mass is 10.2. The summed E-state index contributed by atoms with van der Waals surface area (Å²) < 4.78 is 12.9. The molecule has 0 aliphatic heterocycles. The second kappa shape index (κ2) is 6.73. The molecule has 0 aliphatic rings. The fourth-order valence-electron chi connectivity index (χ4n) is 1.41. The number of pyridine rings is 1. The summed E-state index contributed by atoms with van der Waals surface area (Å²) in [6.45, 7) is 0. The van der Waals surface area contributed by atoms with Crippen LogP contribution in [0.25, 0.3) is 6.08 Å². The van der Waals surface area contributed by atoms with Gasteiger partial charge in [-0.15, -0.1) is 0 Å². The Bertz CT molecular complexity index is 513. The van der Waals surface area contributed by atoms with E-state index < -0.39 is 11.2 Å². The Morgan fingerprint density at radius 2 is 1.94 bits per heavy atom. The van der Waals surface area contributed by atoms with Gasteiger partial charge in [0.05, 0.1) is 5.69 Å². The smallest absolute Gasteiger partial charge is 0.135 e. The molecule has 0 amide bonds. The molecule has 0 radical (unpaired) electrons. The number of aromatic nitrogens is 1. The van der Waals surface area contributed by atoms with Crippen LogP contribution in [0.4, 0.5) is 0 Å². The fraction of sp³-hybridized carbons (Fsp3) is 0.0714. The topological polar surface area (TPSA) is 36.0 Å². The first-order valence-electron chi connectivity index (χ1n) is 5.45. The molecule has 0 saturated heterocycles. The summed E-state index contributed by atoms with van der Waals surface area (Å²) in [7, 11) is 0. The van der Waals surface area contributed by atoms with Gasteiger partial charge in [-0.1, -0.05) is 34.1 Å². The molecule has 2 aromatic rings. The molecular weight excluding hydrogens is 310 g/mol. The summed E-state index contributed by atoms with van der Waals surface area (Å²) in [4.78, 5) is 4.14. The minimum atomic E-state index is -1.01. The van der Waals surface area contributed by atoms with Crippen molar-refractivity contribution >= 4 is 33.2 Å². The summed E-state index contributed by atoms with van der Waals surface area (Å²) in [6.07, 6.45) is 3.51. The lowest BCUT2D eigenvalue weighted by Crippen LogP contribution is -1.99. The second-order valence-corrected chi connectivity index (χ2v) is 5.95. The highest BCUT2D eigenvalue weighted by Gasteiger charge is 2.03. The number of hydrogen-bond acceptors (Lipinski definition) is 2. The average Bonchev–Trinajstić information content (AvgIpc) is 2.40. The molecule has 1 aromatic carbocycles. The number of halogens is 1. The van der Waals surface area contributed by atoms with E-state index >= 15 is 0 Å². The number of nitrogens with zero attached hydrogens (tertiary/aromatic N) is 1. The summed E-state index contributed by atoms with van der Waals surface area (Å²) in [5, 5.41) is 1.68. The highest BCUT2D eigenvalue weighted by Crippen LogP contribution is 2.14. The van der Waals surface area contributed by atoms with Crippen LogP contribution in [0.3, 0.4) is 0 Å². The van der Waals surface area contributed by atoms with Gasteiger partial charge in [0.25, 0.3) is 0 Å². The summed E-state index contributed by atoms with van der Waals surface area (Å²) in [5.41, 5.74) is 1.88. The van der Waals surface area contributed by atoms with E-state index in [0.717, 1.165) is 15.7 Å². The highest BCUT2D eigenvalue weighted by molar-refractivity contribution is 9.10. The van der Waals surface area contributed by atoms with Gasteiger partial charge in [-0.05, 0) is 35.4 Å². The van der Waals surface area contributed by atoms with Gasteiger partial charge in [0.1, 0.15) is 11.2 Å². The van der Waals surface area contributed by atoms with Crippen molar-refractivity contribution in [3.8, 4) is 0 Å². The molecule has 1 atom stereocenters. The zero-order valence-corrected chi connectivity index (χ0v) is 12.0. The quantitative estimate of drug-likeness (QED) is 0.804. The zero-order valence-electron chi connectivity index (χ0n) is 9.62. The molecule has 1 aromatic heterocycles. The number of benzene rings is 1. The van der Waals surface area contributed by atoms with Crippen LogP contribution in [0.15, 0.2) is 58.5 Å². The van der Waals surface area contributed by atoms with Crippen LogP contribution in [-0.2, 0) is 16.9 Å². The number of hydrogen-bond donors (Lipinski definition) is 0. The molecule has 2 rings (SSSR count). The molecule has 0 aliphatic carbocycles. The van der Waals surface area contributed by atoms with Gasteiger partial charge in [0.15, 0.2) is 0 Å². The van der Waals surface area contributed by atoms with Gasteiger partial charge in [-0.25, -0.2) is 0 Å². The first-order chi connectivity index (χ1) is 8.74. The van der Waals surface area contributed by atoms with E-state index in [4.69, 9.17) is 0 Å². The van der Waals surface area contributed by atoms with Crippen LogP contribution < -0.4 is 0 Å². The maximum absolute atomic E-state index is 11.9. The van der Waals surface area contributed by atoms with E-state index in [9.17, 15) is 4.55 Å². The Hall–Kier alpha value is -1.10. The van der Waals surface area contributed by atoms with Gasteiger partial charge in [-0.3, -0.25) is 4.98 Å². The molecule has 1 unspecified atom stereocenters. The Morgan fingerprint density at radius 3 is 2.61 bits per heavy atom. The first-order valence-corrected chi connectivity index (χ1v) is 7.62. The highest BCUT2D eigenvalue weighted by atomic mass is 79.9. The standard InChI is InChI=1S/C14H12BrNOS/c15-13-6-4-12(5-7-13)11-18(17)10-8-14-3-1-2-9-16-14/h1-10H,11H2. The molecule has 18 heavy (non-hydrogen) atoms. The molecule has 0 fully saturated rings. The van der Waals surface area contributed by atoms with E-state index in [0.29, 0.717) is 5.75 Å². The third kappa shape index (κ3) is 4.29. The molecule has 0 spiro atoms. The first kappa shape index (κ1) is 13.3. The summed E-state index contributed by atoms with van der Waals surface area (Å²) in [5.74, 6) is 0.524. The van der Waals surface area contributed by atoms with E-state index in [1.54, 1.807) is 17.7 Å². The van der Waals surface area contributed by atoms with Crippen molar-refractivity contribution in [2.45, 2.75) is 5.75 Å². The van der Waals surface area contributed by atoms with Crippen LogP contribution >= 0.6 is 15.9 Å². The monoisotopic (exact) mass is 321 g/mol. The van der Waals surface area contributed by atoms with E-state index in [1.807, 2.05) is 42.5 Å². The Kier molecular flexibility index (Phi) is 4.99. The van der Waals surface area contributed by atoms with Crippen molar-refractivity contribution in [2.75, 3.05) is 0 Å². The number of rotatable bonds is 4. The summed E-state index contributed by atoms with van der Waals surface area (Å²) >= 11 is 2.36. The van der Waals surface area contributed by atoms with Crippen LogP contribution in [-0.4, -0.2) is 9.54 Å². The molecule has 2 nitrogen and oxygen atoms in total. The van der Waals surface area contributed by atoms with Crippen LogP contribution in [0.1, 0.15) is 11.3 Å². The van der Waals surface area contributed by atoms with E-state index in [2.05, 4.69) is 20.9 Å². The van der Waals surface area contributed by atoms with Gasteiger partial charge >= 0.3 is 0 Å². The van der Waals surface area contributed by atoms with Crippen molar-refractivity contribution in [2.24, 2.45) is 0 Å². The van der Waals surface area contributed by atoms with Gasteiger partial charge < -0.3 is 4.55 Å². The minimum absolute atomic E-state index is 0.524. The SMILES string of the molecule is [O-][S+](C=Cc1ccccn1)Cc1ccc(Br)cc1. The fourth-order valence-corrected chi connectivity index (χ4v) is 2.59. The largest absolute Gasteiger partial charge is 0.612 e. The molecule has 0 bridgehead atoms. The molecule has 0 N–H and O–H groups in total. The van der Waals surface area contributed by atoms with Gasteiger partial charge in [-0.2, -0.15) is 0 Å². The lowest BCUT2D eigenvalue weighted by Gasteiger charge is -2.05. The van der Waals surface area contributed by atoms with Crippen molar-refractivity contribution in [3.63, 3.8) is 0 Å². The molecule has 1 heterocycles. The van der Waals surface area contributed by atoms with Gasteiger partial charge in [0, 0.05) is 22.3 Å². The second-order valence-electron chi connectivity index (χ2n) is 3.71. The maximum Gasteiger partial charge on any atom is 0.135 e. The van der Waals surface area contributed by atoms with E-state index in [-0.39, 0.29) is 0 Å². The third-order valence-electron chi connectivity index (χ3n) is 2.30. The Morgan fingerprint density at radius 1 is 1.17 bits per heavy atom. The molecule has 0 saturated carbocycles. The van der Waals surface area contributed by atoms with Crippen molar-refractivity contribution < 1.29 is 4.55 Å². The van der Waals surface area contributed by atoms with Gasteiger partial charge in [0.2, 0.25) is 0 Å².